The highest BCUT2D eigenvalue weighted by Gasteiger charge is 2.14. The van der Waals surface area contributed by atoms with Gasteiger partial charge in [0.25, 0.3) is 5.56 Å². The highest BCUT2D eigenvalue weighted by Crippen LogP contribution is 2.25. The third kappa shape index (κ3) is 4.56. The second kappa shape index (κ2) is 9.25. The number of thioether (sulfide) groups is 1. The van der Waals surface area contributed by atoms with Gasteiger partial charge in [0.1, 0.15) is 5.75 Å². The zero-order valence-corrected chi connectivity index (χ0v) is 18.0. The predicted molar refractivity (Wildman–Crippen MR) is 116 cm³/mol. The van der Waals surface area contributed by atoms with E-state index in [1.807, 2.05) is 38.1 Å². The van der Waals surface area contributed by atoms with E-state index in [-0.39, 0.29) is 17.2 Å². The topological polar surface area (TPSA) is 73.2 Å². The lowest BCUT2D eigenvalue weighted by molar-refractivity contribution is -0.113. The number of fused-ring (bicyclic) bond motifs is 1. The molecule has 0 atom stereocenters. The average Bonchev–Trinajstić information content (AvgIpc) is 2.69. The van der Waals surface area contributed by atoms with Crippen LogP contribution in [0.5, 0.6) is 5.75 Å². The molecule has 6 nitrogen and oxygen atoms in total. The summed E-state index contributed by atoms with van der Waals surface area (Å²) in [7, 11) is 0. The number of hydrogen-bond acceptors (Lipinski definition) is 5. The maximum absolute atomic E-state index is 12.8. The molecular formula is C20H20BrN3O3S. The number of halogens is 1. The van der Waals surface area contributed by atoms with Crippen molar-refractivity contribution in [2.24, 2.45) is 0 Å². The fourth-order valence-corrected chi connectivity index (χ4v) is 3.95. The lowest BCUT2D eigenvalue weighted by atomic mass is 10.2. The first-order valence-corrected chi connectivity index (χ1v) is 10.7. The van der Waals surface area contributed by atoms with Crippen molar-refractivity contribution >= 4 is 50.2 Å². The van der Waals surface area contributed by atoms with Crippen LogP contribution in [-0.4, -0.2) is 27.8 Å². The van der Waals surface area contributed by atoms with Gasteiger partial charge in [-0.3, -0.25) is 14.2 Å². The number of nitrogens with one attached hydrogen (secondary N) is 1. The molecule has 0 fully saturated rings. The molecule has 28 heavy (non-hydrogen) atoms. The van der Waals surface area contributed by atoms with Gasteiger partial charge in [-0.1, -0.05) is 39.8 Å². The van der Waals surface area contributed by atoms with Crippen LogP contribution in [0.1, 0.15) is 13.8 Å². The molecule has 0 bridgehead atoms. The molecule has 1 N–H and O–H groups in total. The van der Waals surface area contributed by atoms with Gasteiger partial charge in [0, 0.05) is 11.0 Å². The number of hydrogen-bond donors (Lipinski definition) is 1. The summed E-state index contributed by atoms with van der Waals surface area (Å²) in [5, 5.41) is 3.93. The first kappa shape index (κ1) is 20.4. The summed E-state index contributed by atoms with van der Waals surface area (Å²) < 4.78 is 7.94. The monoisotopic (exact) mass is 461 g/mol. The molecule has 1 aromatic heterocycles. The van der Waals surface area contributed by atoms with E-state index in [1.54, 1.807) is 22.8 Å². The third-order valence-corrected chi connectivity index (χ3v) is 5.46. The number of ether oxygens (including phenoxy) is 1. The second-order valence-corrected chi connectivity index (χ2v) is 7.73. The van der Waals surface area contributed by atoms with Gasteiger partial charge in [-0.2, -0.15) is 0 Å². The number of amides is 1. The Bertz CT molecular complexity index is 1070. The number of carbonyl (C=O) groups excluding carboxylic acids is 1. The molecule has 0 aliphatic carbocycles. The summed E-state index contributed by atoms with van der Waals surface area (Å²) in [6.07, 6.45) is 0. The van der Waals surface area contributed by atoms with Crippen molar-refractivity contribution < 1.29 is 9.53 Å². The highest BCUT2D eigenvalue weighted by molar-refractivity contribution is 9.10. The molecule has 0 aliphatic rings. The van der Waals surface area contributed by atoms with Gasteiger partial charge in [0.2, 0.25) is 5.91 Å². The van der Waals surface area contributed by atoms with Gasteiger partial charge in [0.15, 0.2) is 5.16 Å². The van der Waals surface area contributed by atoms with Crippen molar-refractivity contribution in [2.45, 2.75) is 25.5 Å². The normalized spacial score (nSPS) is 10.8. The summed E-state index contributed by atoms with van der Waals surface area (Å²) in [5.74, 6) is 0.572. The van der Waals surface area contributed by atoms with Gasteiger partial charge in [-0.05, 0) is 44.2 Å². The molecule has 146 valence electrons. The Hall–Kier alpha value is -2.32. The maximum atomic E-state index is 12.8. The number of aromatic nitrogens is 2. The summed E-state index contributed by atoms with van der Waals surface area (Å²) in [6, 6.07) is 12.7. The molecule has 8 heteroatoms. The Morgan fingerprint density at radius 1 is 1.25 bits per heavy atom. The van der Waals surface area contributed by atoms with Gasteiger partial charge in [-0.25, -0.2) is 4.98 Å². The van der Waals surface area contributed by atoms with Crippen molar-refractivity contribution in [1.29, 1.82) is 0 Å². The predicted octanol–water partition coefficient (Wildman–Crippen LogP) is 4.31. The molecule has 0 aliphatic heterocycles. The van der Waals surface area contributed by atoms with Crippen molar-refractivity contribution in [2.75, 3.05) is 17.7 Å². The van der Waals surface area contributed by atoms with E-state index in [0.29, 0.717) is 40.6 Å². The Labute approximate surface area is 175 Å². The van der Waals surface area contributed by atoms with Gasteiger partial charge >= 0.3 is 0 Å². The lowest BCUT2D eigenvalue weighted by Gasteiger charge is -2.13. The summed E-state index contributed by atoms with van der Waals surface area (Å²) >= 11 is 4.62. The van der Waals surface area contributed by atoms with E-state index in [9.17, 15) is 9.59 Å². The molecule has 0 unspecified atom stereocenters. The lowest BCUT2D eigenvalue weighted by Crippen LogP contribution is -2.23. The van der Waals surface area contributed by atoms with Crippen LogP contribution >= 0.6 is 27.7 Å². The number of carbonyl (C=O) groups is 1. The first-order valence-electron chi connectivity index (χ1n) is 8.88. The summed E-state index contributed by atoms with van der Waals surface area (Å²) in [6.45, 7) is 4.77. The van der Waals surface area contributed by atoms with Crippen LogP contribution in [0.25, 0.3) is 10.9 Å². The minimum Gasteiger partial charge on any atom is -0.492 e. The summed E-state index contributed by atoms with van der Waals surface area (Å²) in [5.41, 5.74) is 1.13. The third-order valence-electron chi connectivity index (χ3n) is 3.99. The van der Waals surface area contributed by atoms with Crippen LogP contribution < -0.4 is 15.6 Å². The number of para-hydroxylation sites is 2. The molecule has 0 saturated carbocycles. The molecule has 3 rings (SSSR count). The molecule has 0 radical (unpaired) electrons. The quantitative estimate of drug-likeness (QED) is 0.419. The van der Waals surface area contributed by atoms with Gasteiger partial charge < -0.3 is 10.1 Å². The highest BCUT2D eigenvalue weighted by atomic mass is 79.9. The molecule has 2 aromatic carbocycles. The number of nitrogens with zero attached hydrogens (tertiary/aromatic N) is 2. The van der Waals surface area contributed by atoms with Gasteiger partial charge in [-0.15, -0.1) is 0 Å². The Kier molecular flexibility index (Phi) is 6.74. The molecule has 0 spiro atoms. The zero-order valence-electron chi connectivity index (χ0n) is 15.6. The fraction of sp³-hybridized carbons (Fsp3) is 0.250. The standard InChI is InChI=1S/C20H20BrN3O3S/c1-3-24-19(26)14-11-13(21)9-10-15(14)23-20(24)28-12-18(25)22-16-7-5-6-8-17(16)27-4-2/h5-11H,3-4,12H2,1-2H3,(H,22,25). The summed E-state index contributed by atoms with van der Waals surface area (Å²) in [4.78, 5) is 29.8. The number of anilines is 1. The van der Waals surface area contributed by atoms with Crippen molar-refractivity contribution in [3.05, 3.63) is 57.3 Å². The van der Waals surface area contributed by atoms with Gasteiger partial charge in [0.05, 0.1) is 29.0 Å². The molecule has 1 amide bonds. The molecule has 3 aromatic rings. The van der Waals surface area contributed by atoms with Crippen LogP contribution in [0.3, 0.4) is 0 Å². The minimum absolute atomic E-state index is 0.113. The van der Waals surface area contributed by atoms with Crippen molar-refractivity contribution in [3.8, 4) is 5.75 Å². The minimum atomic E-state index is -0.190. The fourth-order valence-electron chi connectivity index (χ4n) is 2.73. The van der Waals surface area contributed by atoms with Crippen LogP contribution in [0.2, 0.25) is 0 Å². The average molecular weight is 462 g/mol. The first-order chi connectivity index (χ1) is 13.5. The molecule has 1 heterocycles. The van der Waals surface area contributed by atoms with E-state index >= 15 is 0 Å². The molecular weight excluding hydrogens is 442 g/mol. The van der Waals surface area contributed by atoms with Crippen LogP contribution in [0.4, 0.5) is 5.69 Å². The van der Waals surface area contributed by atoms with Crippen LogP contribution in [-0.2, 0) is 11.3 Å². The Balaban J connectivity index is 1.79. The second-order valence-electron chi connectivity index (χ2n) is 5.87. The number of rotatable bonds is 7. The smallest absolute Gasteiger partial charge is 0.262 e. The van der Waals surface area contributed by atoms with E-state index in [1.165, 1.54) is 11.8 Å². The maximum Gasteiger partial charge on any atom is 0.262 e. The van der Waals surface area contributed by atoms with E-state index in [4.69, 9.17) is 4.74 Å². The zero-order chi connectivity index (χ0) is 20.1. The van der Waals surface area contributed by atoms with Crippen molar-refractivity contribution in [1.82, 2.24) is 9.55 Å². The SMILES string of the molecule is CCOc1ccccc1NC(=O)CSc1nc2ccc(Br)cc2c(=O)n1CC. The molecule has 0 saturated heterocycles. The van der Waals surface area contributed by atoms with E-state index < -0.39 is 0 Å². The van der Waals surface area contributed by atoms with E-state index in [2.05, 4.69) is 26.2 Å². The Morgan fingerprint density at radius 3 is 2.79 bits per heavy atom. The largest absolute Gasteiger partial charge is 0.492 e. The van der Waals surface area contributed by atoms with Crippen LogP contribution in [0.15, 0.2) is 56.9 Å². The van der Waals surface area contributed by atoms with Crippen LogP contribution in [0, 0.1) is 0 Å². The Morgan fingerprint density at radius 2 is 2.04 bits per heavy atom. The number of benzene rings is 2. The van der Waals surface area contributed by atoms with Crippen molar-refractivity contribution in [3.63, 3.8) is 0 Å². The van der Waals surface area contributed by atoms with E-state index in [0.717, 1.165) is 4.47 Å².